The zero-order valence-electron chi connectivity index (χ0n) is 38.3. The number of aryl methyl sites for hydroxylation is 2. The number of hydrogen-bond donors (Lipinski definition) is 3. The maximum absolute atomic E-state index is 14.6. The second-order valence-electron chi connectivity index (χ2n) is 15.7. The van der Waals surface area contributed by atoms with E-state index in [0.717, 1.165) is 12.5 Å². The van der Waals surface area contributed by atoms with Crippen LogP contribution in [-0.4, -0.2) is 181 Å². The lowest BCUT2D eigenvalue weighted by Gasteiger charge is -2.35. The Morgan fingerprint density at radius 2 is 0.904 bits per heavy atom. The molecule has 2 aliphatic rings. The topological polar surface area (TPSA) is 245 Å². The number of carboxylic acid groups (broad SMARTS) is 1. The summed E-state index contributed by atoms with van der Waals surface area (Å²) in [6, 6.07) is 5.84. The van der Waals surface area contributed by atoms with Crippen molar-refractivity contribution in [1.29, 1.82) is 0 Å². The molecule has 0 radical (unpaired) electrons. The predicted molar refractivity (Wildman–Crippen MR) is 221 cm³/mol. The summed E-state index contributed by atoms with van der Waals surface area (Å²) >= 11 is 0. The molecule has 0 aromatic heterocycles. The molecule has 2 fully saturated rings. The molecule has 0 unspecified atom stereocenters. The van der Waals surface area contributed by atoms with Crippen LogP contribution in [0.5, 0.6) is 11.5 Å². The Bertz CT molecular complexity index is 2430. The molecule has 0 aliphatic carbocycles. The van der Waals surface area contributed by atoms with E-state index >= 15 is 0 Å². The van der Waals surface area contributed by atoms with E-state index in [1.807, 2.05) is 0 Å². The van der Waals surface area contributed by atoms with Crippen molar-refractivity contribution in [2.24, 2.45) is 5.14 Å². The Balaban J connectivity index is 0.000000460. The fourth-order valence-electron chi connectivity index (χ4n) is 6.11. The lowest BCUT2D eigenvalue weighted by molar-refractivity contribution is -0.309. The van der Waals surface area contributed by atoms with Gasteiger partial charge in [0, 0.05) is 76.6 Å². The molecule has 4 N–H and O–H groups in total. The first-order valence-corrected chi connectivity index (χ1v) is 24.1. The number of piperazine rings is 2. The number of nitrogens with zero attached hydrogens (tertiary/aromatic N) is 4. The molecule has 3 amide bonds. The summed E-state index contributed by atoms with van der Waals surface area (Å²) in [4.78, 5) is 50.8. The highest BCUT2D eigenvalue weighted by atomic mass is 32.2. The highest BCUT2D eigenvalue weighted by molar-refractivity contribution is 7.89. The Kier molecular flexibility index (Phi) is 22.2. The Morgan fingerprint density at radius 1 is 0.603 bits per heavy atom. The lowest BCUT2D eigenvalue weighted by Crippen LogP contribution is -2.52. The minimum atomic E-state index is -5.83. The molecule has 73 heavy (non-hydrogen) atoms. The van der Waals surface area contributed by atoms with Crippen molar-refractivity contribution in [3.63, 3.8) is 0 Å². The SMILES string of the molecule is CS(N)(=O)=O.Cc1ccc(CN2CCN(C(=O)OC(C(F)(F)F)C(F)(F)F)CC2)c(OCC(=O)NS(C)(=O)=O)c1F.Cc1ccc(CN2CCN(C(=O)OC(C(F)(F)F)C(F)(F)F)CC2)c(OCC(=O)O)c1F. The molecule has 2 aromatic carbocycles. The smallest absolute Gasteiger partial charge is 0.434 e. The van der Waals surface area contributed by atoms with Crippen molar-refractivity contribution in [3.8, 4) is 11.5 Å². The molecule has 35 heteroatoms. The van der Waals surface area contributed by atoms with Gasteiger partial charge in [-0.2, -0.15) is 52.7 Å². The van der Waals surface area contributed by atoms with Crippen LogP contribution in [0.4, 0.5) is 71.1 Å². The standard InChI is InChI=1S/C19H22F7N3O6S.C18H19F7N2O5.CH5NO2S/c1-11-3-4-12(15(14(11)20)34-10-13(30)27-36(2,32)33)9-28-5-7-29(8-6-28)17(31)35-16(18(21,22)23)19(24,25)26;1-10-2-3-11(14(13(10)19)31-9-12(28)29)8-26-4-6-27(7-5-26)16(30)32-15(17(20,21)22)18(23,24)25;1-5(2,3)4/h3-4,16H,5-10H2,1-2H3,(H,27,30);2-3,15H,4-9H2,1H3,(H,28,29);1H3,(H2,2,3,4). The van der Waals surface area contributed by atoms with E-state index in [0.29, 0.717) is 15.4 Å². The van der Waals surface area contributed by atoms with Crippen LogP contribution in [0.3, 0.4) is 0 Å². The lowest BCUT2D eigenvalue weighted by atomic mass is 10.1. The number of alkyl halides is 12. The fourth-order valence-corrected chi connectivity index (χ4v) is 6.58. The number of nitrogens with two attached hydrogens (primary N) is 1. The van der Waals surface area contributed by atoms with Crippen LogP contribution in [0.1, 0.15) is 22.3 Å². The maximum Gasteiger partial charge on any atom is 0.434 e. The third-order valence-corrected chi connectivity index (χ3v) is 10.0. The van der Waals surface area contributed by atoms with Crippen LogP contribution in [0.25, 0.3) is 0 Å². The molecule has 19 nitrogen and oxygen atoms in total. The molecule has 2 aromatic rings. The highest BCUT2D eigenvalue weighted by Gasteiger charge is 2.61. The first-order valence-electron chi connectivity index (χ1n) is 20.2. The van der Waals surface area contributed by atoms with Crippen molar-refractivity contribution in [3.05, 3.63) is 58.2 Å². The monoisotopic (exact) mass is 1120 g/mol. The van der Waals surface area contributed by atoms with Gasteiger partial charge in [0.2, 0.25) is 20.0 Å². The number of amides is 3. The molecule has 0 atom stereocenters. The summed E-state index contributed by atoms with van der Waals surface area (Å²) in [6.07, 6.45) is -33.6. The number of hydrogen-bond acceptors (Lipinski definition) is 14. The number of sulfonamides is 2. The van der Waals surface area contributed by atoms with Crippen molar-refractivity contribution < 1.29 is 122 Å². The quantitative estimate of drug-likeness (QED) is 0.233. The van der Waals surface area contributed by atoms with Gasteiger partial charge in [0.25, 0.3) is 18.1 Å². The zero-order chi connectivity index (χ0) is 56.2. The number of halogens is 14. The first kappa shape index (κ1) is 63.4. The molecule has 0 saturated carbocycles. The Hall–Kier alpha value is -5.68. The summed E-state index contributed by atoms with van der Waals surface area (Å²) in [5, 5.41) is 13.1. The average Bonchev–Trinajstić information content (AvgIpc) is 3.22. The molecule has 2 heterocycles. The highest BCUT2D eigenvalue weighted by Crippen LogP contribution is 2.38. The van der Waals surface area contributed by atoms with Crippen LogP contribution in [0.2, 0.25) is 0 Å². The summed E-state index contributed by atoms with van der Waals surface area (Å²) in [7, 11) is -7.03. The fraction of sp³-hybridized carbons (Fsp3) is 0.579. The first-order chi connectivity index (χ1) is 33.1. The number of primary sulfonamides is 1. The minimum Gasteiger partial charge on any atom is -0.480 e. The van der Waals surface area contributed by atoms with Gasteiger partial charge in [-0.05, 0) is 25.0 Å². The van der Waals surface area contributed by atoms with Crippen LogP contribution in [0, 0.1) is 25.5 Å². The number of nitrogens with one attached hydrogen (secondary N) is 1. The Labute approximate surface area is 406 Å². The minimum absolute atomic E-state index is 0.0126. The zero-order valence-corrected chi connectivity index (χ0v) is 39.9. The summed E-state index contributed by atoms with van der Waals surface area (Å²) in [5.74, 6) is -4.54. The molecule has 0 spiro atoms. The number of benzene rings is 2. The van der Waals surface area contributed by atoms with E-state index in [-0.39, 0.29) is 93.6 Å². The van der Waals surface area contributed by atoms with Crippen LogP contribution >= 0.6 is 0 Å². The van der Waals surface area contributed by atoms with Crippen molar-refractivity contribution in [2.75, 3.05) is 78.1 Å². The van der Waals surface area contributed by atoms with Gasteiger partial charge in [-0.15, -0.1) is 0 Å². The third-order valence-electron chi connectivity index (χ3n) is 9.41. The second kappa shape index (κ2) is 25.5. The molecule has 2 aliphatic heterocycles. The predicted octanol–water partition coefficient (Wildman–Crippen LogP) is 4.59. The number of carbonyl (C=O) groups is 4. The molecule has 0 bridgehead atoms. The van der Waals surface area contributed by atoms with Crippen LogP contribution in [0.15, 0.2) is 24.3 Å². The number of aliphatic carboxylic acids is 1. The van der Waals surface area contributed by atoms with Gasteiger partial charge in [-0.25, -0.2) is 45.1 Å². The van der Waals surface area contributed by atoms with Crippen molar-refractivity contribution in [1.82, 2.24) is 24.3 Å². The summed E-state index contributed by atoms with van der Waals surface area (Å²) in [5.41, 5.74) is 0.898. The number of carbonyl (C=O) groups excluding carboxylic acids is 3. The van der Waals surface area contributed by atoms with Gasteiger partial charge in [0.05, 0.1) is 12.5 Å². The van der Waals surface area contributed by atoms with E-state index in [1.165, 1.54) is 38.1 Å². The van der Waals surface area contributed by atoms with Crippen LogP contribution in [-0.2, 0) is 52.2 Å². The van der Waals surface area contributed by atoms with E-state index in [9.17, 15) is 97.5 Å². The normalized spacial score (nSPS) is 15.4. The van der Waals surface area contributed by atoms with E-state index in [1.54, 1.807) is 14.5 Å². The number of rotatable bonds is 13. The molecule has 4 rings (SSSR count). The number of carboxylic acids is 1. The molecular formula is C38H46F14N6O13S2. The molecule has 416 valence electrons. The Morgan fingerprint density at radius 3 is 1.18 bits per heavy atom. The largest absolute Gasteiger partial charge is 0.480 e. The van der Waals surface area contributed by atoms with Gasteiger partial charge < -0.3 is 33.9 Å². The number of ether oxygens (including phenoxy) is 4. The van der Waals surface area contributed by atoms with E-state index in [4.69, 9.17) is 14.6 Å². The van der Waals surface area contributed by atoms with Gasteiger partial charge in [-0.3, -0.25) is 19.3 Å². The molecular weight excluding hydrogens is 1080 g/mol. The van der Waals surface area contributed by atoms with Crippen molar-refractivity contribution in [2.45, 2.75) is 63.9 Å². The van der Waals surface area contributed by atoms with E-state index < -0.39 is 106 Å². The average molecular weight is 1120 g/mol. The summed E-state index contributed by atoms with van der Waals surface area (Å²) < 4.78 is 240. The van der Waals surface area contributed by atoms with Crippen molar-refractivity contribution >= 4 is 44.1 Å². The van der Waals surface area contributed by atoms with Gasteiger partial charge >= 0.3 is 42.9 Å². The van der Waals surface area contributed by atoms with Crippen LogP contribution < -0.4 is 19.3 Å². The summed E-state index contributed by atoms with van der Waals surface area (Å²) in [6.45, 7) is 0.313. The molecule has 2 saturated heterocycles. The second-order valence-corrected chi connectivity index (χ2v) is 19.1. The third kappa shape index (κ3) is 22.1. The van der Waals surface area contributed by atoms with E-state index in [2.05, 4.69) is 14.6 Å². The van der Waals surface area contributed by atoms with Gasteiger partial charge in [-0.1, -0.05) is 24.3 Å². The maximum atomic E-state index is 14.6. The van der Waals surface area contributed by atoms with Gasteiger partial charge in [0.15, 0.2) is 36.3 Å². The van der Waals surface area contributed by atoms with Gasteiger partial charge in [0.1, 0.15) is 0 Å².